The monoisotopic (exact) mass is 262 g/mol. The summed E-state index contributed by atoms with van der Waals surface area (Å²) in [7, 11) is 1.87. The smallest absolute Gasteiger partial charge is 0.236 e. The van der Waals surface area contributed by atoms with E-state index >= 15 is 0 Å². The summed E-state index contributed by atoms with van der Waals surface area (Å²) in [6, 6.07) is 4.35. The van der Waals surface area contributed by atoms with Crippen LogP contribution in [0.3, 0.4) is 0 Å². The molecule has 0 atom stereocenters. The summed E-state index contributed by atoms with van der Waals surface area (Å²) in [5, 5.41) is 3.06. The summed E-state index contributed by atoms with van der Waals surface area (Å²) >= 11 is 0. The van der Waals surface area contributed by atoms with Crippen LogP contribution in [0.1, 0.15) is 29.2 Å². The van der Waals surface area contributed by atoms with Crippen molar-refractivity contribution in [3.8, 4) is 0 Å². The molecule has 0 saturated carbocycles. The maximum absolute atomic E-state index is 11.8. The van der Waals surface area contributed by atoms with E-state index in [9.17, 15) is 4.79 Å². The van der Waals surface area contributed by atoms with Crippen LogP contribution < -0.4 is 5.32 Å². The van der Waals surface area contributed by atoms with Gasteiger partial charge in [-0.2, -0.15) is 0 Å². The molecule has 1 amide bonds. The minimum Gasteiger partial charge on any atom is -0.344 e. The zero-order chi connectivity index (χ0) is 14.4. The minimum atomic E-state index is 0.156. The summed E-state index contributed by atoms with van der Waals surface area (Å²) in [5.74, 6) is 0.156. The molecule has 0 unspecified atom stereocenters. The standard InChI is InChI=1S/C16H26N2O/c1-6-17-11-16(19)18(5)10-9-15-8-7-12(2)13(3)14(15)4/h7-8,17H,6,9-11H2,1-5H3. The molecular formula is C16H26N2O. The molecule has 19 heavy (non-hydrogen) atoms. The molecule has 3 heteroatoms. The first-order chi connectivity index (χ1) is 8.97. The van der Waals surface area contributed by atoms with Crippen LogP contribution >= 0.6 is 0 Å². The van der Waals surface area contributed by atoms with Crippen LogP contribution in [0, 0.1) is 20.8 Å². The number of likely N-dealkylation sites (N-methyl/N-ethyl adjacent to an activating group) is 2. The topological polar surface area (TPSA) is 32.3 Å². The van der Waals surface area contributed by atoms with Crippen molar-refractivity contribution >= 4 is 5.91 Å². The molecule has 0 spiro atoms. The Labute approximate surface area is 117 Å². The third kappa shape index (κ3) is 4.35. The van der Waals surface area contributed by atoms with E-state index in [1.54, 1.807) is 4.90 Å². The first kappa shape index (κ1) is 15.7. The molecule has 1 N–H and O–H groups in total. The summed E-state index contributed by atoms with van der Waals surface area (Å²) in [6.45, 7) is 10.5. The molecule has 0 bridgehead atoms. The number of amides is 1. The third-order valence-electron chi connectivity index (χ3n) is 3.84. The number of hydrogen-bond donors (Lipinski definition) is 1. The van der Waals surface area contributed by atoms with Gasteiger partial charge in [0.05, 0.1) is 6.54 Å². The Kier molecular flexibility index (Phi) is 6.03. The Morgan fingerprint density at radius 2 is 1.89 bits per heavy atom. The lowest BCUT2D eigenvalue weighted by Gasteiger charge is -2.19. The van der Waals surface area contributed by atoms with Gasteiger partial charge >= 0.3 is 0 Å². The van der Waals surface area contributed by atoms with Gasteiger partial charge in [0.1, 0.15) is 0 Å². The fourth-order valence-electron chi connectivity index (χ4n) is 2.06. The fourth-order valence-corrected chi connectivity index (χ4v) is 2.06. The van der Waals surface area contributed by atoms with E-state index in [-0.39, 0.29) is 5.91 Å². The van der Waals surface area contributed by atoms with E-state index in [2.05, 4.69) is 38.2 Å². The second-order valence-corrected chi connectivity index (χ2v) is 5.14. The molecule has 0 aromatic heterocycles. The molecule has 106 valence electrons. The molecule has 1 rings (SSSR count). The highest BCUT2D eigenvalue weighted by Crippen LogP contribution is 2.17. The van der Waals surface area contributed by atoms with Gasteiger partial charge in [-0.3, -0.25) is 4.79 Å². The molecule has 0 radical (unpaired) electrons. The predicted octanol–water partition coefficient (Wildman–Crippen LogP) is 2.22. The van der Waals surface area contributed by atoms with Gasteiger partial charge in [0.15, 0.2) is 0 Å². The number of nitrogens with zero attached hydrogens (tertiary/aromatic N) is 1. The van der Waals surface area contributed by atoms with Gasteiger partial charge in [0.2, 0.25) is 5.91 Å². The van der Waals surface area contributed by atoms with Crippen LogP contribution in [0.4, 0.5) is 0 Å². The quantitative estimate of drug-likeness (QED) is 0.852. The van der Waals surface area contributed by atoms with Crippen LogP contribution in [-0.4, -0.2) is 37.5 Å². The average molecular weight is 262 g/mol. The number of benzene rings is 1. The van der Waals surface area contributed by atoms with Crippen molar-refractivity contribution in [1.82, 2.24) is 10.2 Å². The SMILES string of the molecule is CCNCC(=O)N(C)CCc1ccc(C)c(C)c1C. The largest absolute Gasteiger partial charge is 0.344 e. The van der Waals surface area contributed by atoms with Crippen molar-refractivity contribution in [2.75, 3.05) is 26.7 Å². The van der Waals surface area contributed by atoms with Crippen LogP contribution in [0.2, 0.25) is 0 Å². The van der Waals surface area contributed by atoms with Crippen LogP contribution in [-0.2, 0) is 11.2 Å². The Balaban J connectivity index is 2.57. The van der Waals surface area contributed by atoms with Gasteiger partial charge in [0, 0.05) is 13.6 Å². The van der Waals surface area contributed by atoms with Crippen molar-refractivity contribution in [3.63, 3.8) is 0 Å². The van der Waals surface area contributed by atoms with Crippen molar-refractivity contribution in [2.24, 2.45) is 0 Å². The Morgan fingerprint density at radius 3 is 2.53 bits per heavy atom. The minimum absolute atomic E-state index is 0.156. The molecule has 0 fully saturated rings. The molecule has 0 heterocycles. The lowest BCUT2D eigenvalue weighted by molar-refractivity contribution is -0.128. The molecular weight excluding hydrogens is 236 g/mol. The van der Waals surface area contributed by atoms with E-state index in [0.717, 1.165) is 19.5 Å². The van der Waals surface area contributed by atoms with Gasteiger partial charge in [-0.15, -0.1) is 0 Å². The van der Waals surface area contributed by atoms with Crippen molar-refractivity contribution in [2.45, 2.75) is 34.1 Å². The fraction of sp³-hybridized carbons (Fsp3) is 0.562. The van der Waals surface area contributed by atoms with Gasteiger partial charge in [0.25, 0.3) is 0 Å². The molecule has 0 saturated heterocycles. The van der Waals surface area contributed by atoms with E-state index in [4.69, 9.17) is 0 Å². The summed E-state index contributed by atoms with van der Waals surface area (Å²) in [6.07, 6.45) is 0.918. The highest BCUT2D eigenvalue weighted by Gasteiger charge is 2.09. The lowest BCUT2D eigenvalue weighted by Crippen LogP contribution is -2.36. The third-order valence-corrected chi connectivity index (χ3v) is 3.84. The predicted molar refractivity (Wildman–Crippen MR) is 80.5 cm³/mol. The number of carbonyl (C=O) groups excluding carboxylic acids is 1. The number of carbonyl (C=O) groups is 1. The van der Waals surface area contributed by atoms with Crippen LogP contribution in [0.5, 0.6) is 0 Å². The Morgan fingerprint density at radius 1 is 1.21 bits per heavy atom. The number of rotatable bonds is 6. The van der Waals surface area contributed by atoms with Crippen molar-refractivity contribution in [1.29, 1.82) is 0 Å². The Hall–Kier alpha value is -1.35. The Bertz CT molecular complexity index is 441. The highest BCUT2D eigenvalue weighted by atomic mass is 16.2. The lowest BCUT2D eigenvalue weighted by atomic mass is 9.97. The second kappa shape index (κ2) is 7.29. The van der Waals surface area contributed by atoms with E-state index in [1.807, 2.05) is 14.0 Å². The number of nitrogens with one attached hydrogen (secondary N) is 1. The molecule has 1 aromatic rings. The second-order valence-electron chi connectivity index (χ2n) is 5.14. The number of hydrogen-bond acceptors (Lipinski definition) is 2. The van der Waals surface area contributed by atoms with Gasteiger partial charge in [-0.05, 0) is 56.0 Å². The first-order valence-electron chi connectivity index (χ1n) is 6.97. The molecule has 3 nitrogen and oxygen atoms in total. The zero-order valence-corrected chi connectivity index (χ0v) is 12.8. The number of aryl methyl sites for hydroxylation is 1. The maximum atomic E-state index is 11.8. The van der Waals surface area contributed by atoms with Crippen LogP contribution in [0.25, 0.3) is 0 Å². The molecule has 0 aliphatic heterocycles. The van der Waals surface area contributed by atoms with Gasteiger partial charge in [-0.25, -0.2) is 0 Å². The highest BCUT2D eigenvalue weighted by molar-refractivity contribution is 5.77. The van der Waals surface area contributed by atoms with E-state index < -0.39 is 0 Å². The summed E-state index contributed by atoms with van der Waals surface area (Å²) in [5.41, 5.74) is 5.38. The molecule has 0 aliphatic carbocycles. The first-order valence-corrected chi connectivity index (χ1v) is 6.97. The average Bonchev–Trinajstić information content (AvgIpc) is 2.41. The summed E-state index contributed by atoms with van der Waals surface area (Å²) in [4.78, 5) is 13.6. The van der Waals surface area contributed by atoms with Crippen molar-refractivity contribution in [3.05, 3.63) is 34.4 Å². The van der Waals surface area contributed by atoms with E-state index in [0.29, 0.717) is 6.54 Å². The van der Waals surface area contributed by atoms with E-state index in [1.165, 1.54) is 22.3 Å². The van der Waals surface area contributed by atoms with Gasteiger partial charge in [-0.1, -0.05) is 19.1 Å². The maximum Gasteiger partial charge on any atom is 0.236 e. The van der Waals surface area contributed by atoms with Crippen LogP contribution in [0.15, 0.2) is 12.1 Å². The zero-order valence-electron chi connectivity index (χ0n) is 12.8. The molecule has 0 aliphatic rings. The normalized spacial score (nSPS) is 10.6. The molecule has 1 aromatic carbocycles. The summed E-state index contributed by atoms with van der Waals surface area (Å²) < 4.78 is 0. The van der Waals surface area contributed by atoms with Crippen molar-refractivity contribution < 1.29 is 4.79 Å². The van der Waals surface area contributed by atoms with Gasteiger partial charge < -0.3 is 10.2 Å².